The molecule has 4 aliphatic rings. The Kier molecular flexibility index (Phi) is 6.56. The Bertz CT molecular complexity index is 888. The van der Waals surface area contributed by atoms with Gasteiger partial charge in [0.25, 0.3) is 0 Å². The number of hydrogen-bond donors (Lipinski definition) is 2. The number of aliphatic hydroxyl groups excluding tert-OH is 1. The van der Waals surface area contributed by atoms with E-state index in [1.54, 1.807) is 5.57 Å². The fraction of sp³-hybridized carbons (Fsp3) is 0.750. The molecule has 0 radical (unpaired) electrons. The van der Waals surface area contributed by atoms with Crippen molar-refractivity contribution in [2.75, 3.05) is 0 Å². The number of allylic oxidation sites excluding steroid dienone is 1. The fourth-order valence-electron chi connectivity index (χ4n) is 9.53. The summed E-state index contributed by atoms with van der Waals surface area (Å²) in [5, 5.41) is 21.3. The van der Waals surface area contributed by atoms with Crippen LogP contribution in [0.15, 0.2) is 42.0 Å². The molecule has 0 spiro atoms. The van der Waals surface area contributed by atoms with Crippen LogP contribution in [0.25, 0.3) is 0 Å². The zero-order valence-corrected chi connectivity index (χ0v) is 22.1. The first-order valence-corrected chi connectivity index (χ1v) is 14.3. The average Bonchev–Trinajstić information content (AvgIpc) is 3.17. The quantitative estimate of drug-likeness (QED) is 0.425. The van der Waals surface area contributed by atoms with E-state index in [4.69, 9.17) is 0 Å². The summed E-state index contributed by atoms with van der Waals surface area (Å²) in [7, 11) is 0. The zero-order chi connectivity index (χ0) is 24.1. The molecule has 34 heavy (non-hydrogen) atoms. The highest BCUT2D eigenvalue weighted by atomic mass is 16.3. The molecule has 6 unspecified atom stereocenters. The molecular weight excluding hydrogens is 416 g/mol. The van der Waals surface area contributed by atoms with Crippen LogP contribution in [0, 0.1) is 40.4 Å². The lowest BCUT2D eigenvalue weighted by Gasteiger charge is -2.58. The molecule has 2 heteroatoms. The molecule has 1 aromatic rings. The lowest BCUT2D eigenvalue weighted by Crippen LogP contribution is -2.50. The van der Waals surface area contributed by atoms with Crippen molar-refractivity contribution in [3.63, 3.8) is 0 Å². The molecule has 3 fully saturated rings. The van der Waals surface area contributed by atoms with E-state index in [1.165, 1.54) is 44.9 Å². The summed E-state index contributed by atoms with van der Waals surface area (Å²) in [6.45, 7) is 9.67. The molecule has 188 valence electrons. The van der Waals surface area contributed by atoms with Crippen LogP contribution in [0.3, 0.4) is 0 Å². The highest BCUT2D eigenvalue weighted by Gasteiger charge is 2.59. The molecule has 1 aromatic carbocycles. The predicted molar refractivity (Wildman–Crippen MR) is 140 cm³/mol. The third-order valence-corrected chi connectivity index (χ3v) is 11.6. The molecule has 0 bridgehead atoms. The molecule has 0 aliphatic heterocycles. The van der Waals surface area contributed by atoms with E-state index < -0.39 is 5.60 Å². The first kappa shape index (κ1) is 24.6. The van der Waals surface area contributed by atoms with E-state index in [2.05, 4.69) is 39.0 Å². The number of fused-ring (bicyclic) bond motifs is 5. The molecule has 2 nitrogen and oxygen atoms in total. The molecule has 0 amide bonds. The van der Waals surface area contributed by atoms with Crippen LogP contribution in [0.4, 0.5) is 0 Å². The molecule has 9 atom stereocenters. The summed E-state index contributed by atoms with van der Waals surface area (Å²) in [6.07, 6.45) is 15.6. The van der Waals surface area contributed by atoms with E-state index in [1.807, 2.05) is 25.1 Å². The Morgan fingerprint density at radius 1 is 1.03 bits per heavy atom. The van der Waals surface area contributed by atoms with Gasteiger partial charge in [0.1, 0.15) is 0 Å². The SMILES string of the molecule is CC(CCCC(C)(O)c1ccccc1)C1CCC2C3CC=C4C[C@@H](O)CC[C@]4(C)C3CC[C@]12C. The van der Waals surface area contributed by atoms with Gasteiger partial charge in [-0.1, -0.05) is 69.2 Å². The maximum Gasteiger partial charge on any atom is 0.0868 e. The summed E-state index contributed by atoms with van der Waals surface area (Å²) in [6, 6.07) is 10.2. The summed E-state index contributed by atoms with van der Waals surface area (Å²) in [5.74, 6) is 4.10. The molecule has 4 aliphatic carbocycles. The second-order valence-corrected chi connectivity index (χ2v) is 13.4. The van der Waals surface area contributed by atoms with Gasteiger partial charge in [-0.15, -0.1) is 0 Å². The highest BCUT2D eigenvalue weighted by Crippen LogP contribution is 2.67. The lowest BCUT2D eigenvalue weighted by atomic mass is 9.47. The Morgan fingerprint density at radius 2 is 1.79 bits per heavy atom. The predicted octanol–water partition coefficient (Wildman–Crippen LogP) is 7.64. The maximum absolute atomic E-state index is 11.0. The van der Waals surface area contributed by atoms with Crippen molar-refractivity contribution in [3.8, 4) is 0 Å². The minimum absolute atomic E-state index is 0.107. The summed E-state index contributed by atoms with van der Waals surface area (Å²) >= 11 is 0. The number of benzene rings is 1. The summed E-state index contributed by atoms with van der Waals surface area (Å²) in [5.41, 5.74) is 2.73. The van der Waals surface area contributed by atoms with Crippen LogP contribution in [-0.2, 0) is 5.60 Å². The summed E-state index contributed by atoms with van der Waals surface area (Å²) in [4.78, 5) is 0. The normalized spacial score (nSPS) is 42.1. The number of rotatable bonds is 6. The Labute approximate surface area is 208 Å². The van der Waals surface area contributed by atoms with Gasteiger partial charge in [0.15, 0.2) is 0 Å². The van der Waals surface area contributed by atoms with Crippen LogP contribution in [-0.4, -0.2) is 16.3 Å². The van der Waals surface area contributed by atoms with Gasteiger partial charge < -0.3 is 10.2 Å². The number of aliphatic hydroxyl groups is 2. The molecule has 5 rings (SSSR count). The van der Waals surface area contributed by atoms with Crippen molar-refractivity contribution < 1.29 is 10.2 Å². The van der Waals surface area contributed by atoms with E-state index in [0.717, 1.165) is 60.8 Å². The van der Waals surface area contributed by atoms with Crippen LogP contribution >= 0.6 is 0 Å². The molecule has 3 saturated carbocycles. The molecule has 0 heterocycles. The van der Waals surface area contributed by atoms with E-state index in [-0.39, 0.29) is 6.10 Å². The van der Waals surface area contributed by atoms with Crippen LogP contribution in [0.1, 0.15) is 104 Å². The van der Waals surface area contributed by atoms with Crippen molar-refractivity contribution >= 4 is 0 Å². The van der Waals surface area contributed by atoms with Gasteiger partial charge in [-0.25, -0.2) is 0 Å². The standard InChI is InChI=1S/C32H48O2/c1-22(9-8-18-32(4,34)23-10-6-5-7-11-23)27-14-15-28-26-13-12-24-21-25(33)16-19-30(24,2)29(26)17-20-31(27,28)3/h5-7,10-12,22,25-29,33-34H,8-9,13-21H2,1-4H3/t22?,25-,26?,27?,28?,29?,30-,31+,32?/m0/s1. The van der Waals surface area contributed by atoms with Crippen molar-refractivity contribution in [2.45, 2.75) is 110 Å². The van der Waals surface area contributed by atoms with Crippen LogP contribution in [0.2, 0.25) is 0 Å². The Hall–Kier alpha value is -1.12. The molecule has 0 aromatic heterocycles. The van der Waals surface area contributed by atoms with Crippen molar-refractivity contribution in [1.82, 2.24) is 0 Å². The molecule has 0 saturated heterocycles. The van der Waals surface area contributed by atoms with Crippen LogP contribution in [0.5, 0.6) is 0 Å². The van der Waals surface area contributed by atoms with Gasteiger partial charge in [0.2, 0.25) is 0 Å². The highest BCUT2D eigenvalue weighted by molar-refractivity contribution is 5.25. The monoisotopic (exact) mass is 464 g/mol. The van der Waals surface area contributed by atoms with Gasteiger partial charge in [-0.3, -0.25) is 0 Å². The van der Waals surface area contributed by atoms with E-state index in [0.29, 0.717) is 10.8 Å². The molecular formula is C32H48O2. The minimum Gasteiger partial charge on any atom is -0.393 e. The third kappa shape index (κ3) is 4.11. The van der Waals surface area contributed by atoms with Gasteiger partial charge in [0, 0.05) is 0 Å². The summed E-state index contributed by atoms with van der Waals surface area (Å²) < 4.78 is 0. The first-order chi connectivity index (χ1) is 16.1. The first-order valence-electron chi connectivity index (χ1n) is 14.3. The minimum atomic E-state index is -0.726. The lowest BCUT2D eigenvalue weighted by molar-refractivity contribution is -0.0576. The fourth-order valence-corrected chi connectivity index (χ4v) is 9.53. The van der Waals surface area contributed by atoms with Gasteiger partial charge in [-0.05, 0) is 117 Å². The molecule has 2 N–H and O–H groups in total. The van der Waals surface area contributed by atoms with Crippen molar-refractivity contribution in [1.29, 1.82) is 0 Å². The number of hydrogen-bond acceptors (Lipinski definition) is 2. The third-order valence-electron chi connectivity index (χ3n) is 11.6. The van der Waals surface area contributed by atoms with E-state index in [9.17, 15) is 10.2 Å². The second kappa shape index (κ2) is 9.07. The average molecular weight is 465 g/mol. The Balaban J connectivity index is 1.24. The second-order valence-electron chi connectivity index (χ2n) is 13.4. The van der Waals surface area contributed by atoms with Gasteiger partial charge in [0.05, 0.1) is 11.7 Å². The largest absolute Gasteiger partial charge is 0.393 e. The topological polar surface area (TPSA) is 40.5 Å². The zero-order valence-electron chi connectivity index (χ0n) is 22.1. The van der Waals surface area contributed by atoms with Crippen LogP contribution < -0.4 is 0 Å². The smallest absolute Gasteiger partial charge is 0.0868 e. The maximum atomic E-state index is 11.0. The van der Waals surface area contributed by atoms with Crippen molar-refractivity contribution in [2.24, 2.45) is 40.4 Å². The Morgan fingerprint density at radius 3 is 2.56 bits per heavy atom. The van der Waals surface area contributed by atoms with Gasteiger partial charge in [-0.2, -0.15) is 0 Å². The van der Waals surface area contributed by atoms with Crippen molar-refractivity contribution in [3.05, 3.63) is 47.5 Å². The van der Waals surface area contributed by atoms with E-state index >= 15 is 0 Å². The van der Waals surface area contributed by atoms with Gasteiger partial charge >= 0.3 is 0 Å².